The Morgan fingerprint density at radius 1 is 1.06 bits per heavy atom. The van der Waals surface area contributed by atoms with Gasteiger partial charge in [0.25, 0.3) is 5.91 Å². The van der Waals surface area contributed by atoms with Crippen molar-refractivity contribution in [3.63, 3.8) is 0 Å². The van der Waals surface area contributed by atoms with Gasteiger partial charge in [0.2, 0.25) is 0 Å². The maximum Gasteiger partial charge on any atom is 0.573 e. The number of rotatable bonds is 9. The molecule has 0 saturated heterocycles. The molecule has 0 aliphatic carbocycles. The Labute approximate surface area is 207 Å². The van der Waals surface area contributed by atoms with Gasteiger partial charge in [0.15, 0.2) is 10.9 Å². The molecule has 0 atom stereocenters. The molecule has 13 heteroatoms. The summed E-state index contributed by atoms with van der Waals surface area (Å²) in [6.07, 6.45) is -1.63. The number of benzene rings is 2. The van der Waals surface area contributed by atoms with E-state index in [4.69, 9.17) is 4.74 Å². The first kappa shape index (κ1) is 25.0. The lowest BCUT2D eigenvalue weighted by Gasteiger charge is -2.11. The summed E-state index contributed by atoms with van der Waals surface area (Å²) in [5.74, 6) is -0.0157. The number of amides is 1. The summed E-state index contributed by atoms with van der Waals surface area (Å²) >= 11 is 1.25. The van der Waals surface area contributed by atoms with E-state index in [1.807, 2.05) is 18.2 Å². The summed E-state index contributed by atoms with van der Waals surface area (Å²) in [6, 6.07) is 14.0. The summed E-state index contributed by atoms with van der Waals surface area (Å²) in [6.45, 7) is 0.188. The van der Waals surface area contributed by atoms with Gasteiger partial charge in [-0.1, -0.05) is 35.2 Å². The van der Waals surface area contributed by atoms with Gasteiger partial charge in [-0.3, -0.25) is 4.79 Å². The molecule has 9 nitrogen and oxygen atoms in total. The number of thioether (sulfide) groups is 1. The van der Waals surface area contributed by atoms with Crippen LogP contribution in [0.3, 0.4) is 0 Å². The van der Waals surface area contributed by atoms with E-state index in [1.54, 1.807) is 24.5 Å². The van der Waals surface area contributed by atoms with Gasteiger partial charge >= 0.3 is 6.36 Å². The lowest BCUT2D eigenvalue weighted by atomic mass is 10.2. The first-order chi connectivity index (χ1) is 17.3. The second-order valence-electron chi connectivity index (χ2n) is 7.15. The molecule has 4 aromatic rings. The van der Waals surface area contributed by atoms with Crippen LogP contribution in [0.1, 0.15) is 21.7 Å². The molecule has 0 aliphatic heterocycles. The highest BCUT2D eigenvalue weighted by atomic mass is 32.2. The maximum atomic E-state index is 13.1. The van der Waals surface area contributed by atoms with Crippen LogP contribution in [-0.2, 0) is 12.3 Å². The van der Waals surface area contributed by atoms with E-state index in [2.05, 4.69) is 30.3 Å². The van der Waals surface area contributed by atoms with Crippen molar-refractivity contribution in [2.75, 3.05) is 7.11 Å². The summed E-state index contributed by atoms with van der Waals surface area (Å²) in [5, 5.41) is 11.4. The number of halogens is 3. The number of carbonyl (C=O) groups is 1. The number of para-hydroxylation sites is 1. The zero-order valence-electron chi connectivity index (χ0n) is 18.8. The molecule has 2 aromatic heterocycles. The van der Waals surface area contributed by atoms with Crippen LogP contribution in [0.15, 0.2) is 72.1 Å². The molecule has 0 saturated carbocycles. The van der Waals surface area contributed by atoms with E-state index in [9.17, 15) is 18.0 Å². The Balaban J connectivity index is 1.59. The van der Waals surface area contributed by atoms with Gasteiger partial charge in [0, 0.05) is 30.3 Å². The van der Waals surface area contributed by atoms with Crippen LogP contribution in [0, 0.1) is 0 Å². The third-order valence-electron chi connectivity index (χ3n) is 4.81. The quantitative estimate of drug-likeness (QED) is 0.261. The van der Waals surface area contributed by atoms with E-state index < -0.39 is 12.3 Å². The highest BCUT2D eigenvalue weighted by Gasteiger charge is 2.31. The minimum absolute atomic E-state index is 0.0592. The Kier molecular flexibility index (Phi) is 7.68. The van der Waals surface area contributed by atoms with Crippen molar-refractivity contribution in [1.29, 1.82) is 0 Å². The molecule has 1 N–H and O–H groups in total. The number of methoxy groups -OCH3 is 1. The fourth-order valence-corrected chi connectivity index (χ4v) is 4.00. The van der Waals surface area contributed by atoms with Crippen molar-refractivity contribution in [3.8, 4) is 17.2 Å². The van der Waals surface area contributed by atoms with Gasteiger partial charge in [-0.05, 0) is 36.4 Å². The van der Waals surface area contributed by atoms with E-state index in [0.717, 1.165) is 17.7 Å². The van der Waals surface area contributed by atoms with Crippen LogP contribution < -0.4 is 14.8 Å². The number of aromatic nitrogens is 5. The lowest BCUT2D eigenvalue weighted by Crippen LogP contribution is -2.24. The first-order valence-electron chi connectivity index (χ1n) is 10.4. The van der Waals surface area contributed by atoms with Crippen LogP contribution >= 0.6 is 11.8 Å². The number of alkyl halides is 3. The van der Waals surface area contributed by atoms with Crippen LogP contribution in [0.2, 0.25) is 0 Å². The summed E-state index contributed by atoms with van der Waals surface area (Å²) in [5.41, 5.74) is 1.64. The fraction of sp³-hybridized carbons (Fsp3) is 0.174. The van der Waals surface area contributed by atoms with Crippen molar-refractivity contribution in [3.05, 3.63) is 83.9 Å². The van der Waals surface area contributed by atoms with Crippen molar-refractivity contribution in [2.45, 2.75) is 23.8 Å². The average Bonchev–Trinajstić information content (AvgIpc) is 3.30. The lowest BCUT2D eigenvalue weighted by molar-refractivity contribution is -0.274. The van der Waals surface area contributed by atoms with E-state index in [0.29, 0.717) is 22.3 Å². The molecule has 0 radical (unpaired) electrons. The van der Waals surface area contributed by atoms with E-state index in [1.165, 1.54) is 35.7 Å². The first-order valence-corrected chi connectivity index (χ1v) is 11.4. The predicted molar refractivity (Wildman–Crippen MR) is 124 cm³/mol. The number of hydrogen-bond donors (Lipinski definition) is 1. The maximum absolute atomic E-state index is 13.1. The summed E-state index contributed by atoms with van der Waals surface area (Å²) in [4.78, 5) is 21.4. The molecular formula is C23H19F3N6O3S. The van der Waals surface area contributed by atoms with Crippen LogP contribution in [0.5, 0.6) is 11.5 Å². The summed E-state index contributed by atoms with van der Waals surface area (Å²) in [7, 11) is 1.54. The molecule has 4 rings (SSSR count). The molecular weight excluding hydrogens is 497 g/mol. The van der Waals surface area contributed by atoms with E-state index >= 15 is 0 Å². The Hall–Kier alpha value is -4.13. The second kappa shape index (κ2) is 11.1. The predicted octanol–water partition coefficient (Wildman–Crippen LogP) is 4.19. The molecule has 36 heavy (non-hydrogen) atoms. The monoisotopic (exact) mass is 516 g/mol. The minimum atomic E-state index is -4.81. The van der Waals surface area contributed by atoms with Crippen LogP contribution in [-0.4, -0.2) is 44.3 Å². The molecule has 2 aromatic carbocycles. The smallest absolute Gasteiger partial charge is 0.496 e. The van der Waals surface area contributed by atoms with Crippen molar-refractivity contribution >= 4 is 17.7 Å². The number of carbonyl (C=O) groups excluding carboxylic acids is 1. The molecule has 0 spiro atoms. The summed E-state index contributed by atoms with van der Waals surface area (Å²) < 4.78 is 48.1. The van der Waals surface area contributed by atoms with Crippen molar-refractivity contribution in [1.82, 2.24) is 30.3 Å². The second-order valence-corrected chi connectivity index (χ2v) is 8.10. The Morgan fingerprint density at radius 3 is 2.47 bits per heavy atom. The van der Waals surface area contributed by atoms with Gasteiger partial charge in [0.1, 0.15) is 11.5 Å². The molecule has 186 valence electrons. The van der Waals surface area contributed by atoms with Gasteiger partial charge in [-0.25, -0.2) is 14.6 Å². The van der Waals surface area contributed by atoms with Gasteiger partial charge < -0.3 is 14.8 Å². The SMILES string of the molecule is COc1ccccc1CNC(=O)c1nnn(-c2ccc(OC(F)(F)F)cc2)c1CSc1ncccn1. The molecule has 2 heterocycles. The van der Waals surface area contributed by atoms with Crippen molar-refractivity contribution < 1.29 is 27.4 Å². The normalized spacial score (nSPS) is 11.2. The molecule has 1 amide bonds. The third-order valence-corrected chi connectivity index (χ3v) is 5.69. The van der Waals surface area contributed by atoms with Crippen molar-refractivity contribution in [2.24, 2.45) is 0 Å². The topological polar surface area (TPSA) is 104 Å². The van der Waals surface area contributed by atoms with Gasteiger partial charge in [0.05, 0.1) is 18.5 Å². The van der Waals surface area contributed by atoms with Crippen LogP contribution in [0.4, 0.5) is 13.2 Å². The molecule has 0 aliphatic rings. The highest BCUT2D eigenvalue weighted by molar-refractivity contribution is 7.98. The van der Waals surface area contributed by atoms with Crippen LogP contribution in [0.25, 0.3) is 5.69 Å². The third kappa shape index (κ3) is 6.30. The molecule has 0 bridgehead atoms. The zero-order valence-corrected chi connectivity index (χ0v) is 19.6. The zero-order chi connectivity index (χ0) is 25.5. The molecule has 0 unspecified atom stereocenters. The minimum Gasteiger partial charge on any atom is -0.496 e. The molecule has 0 fully saturated rings. The highest BCUT2D eigenvalue weighted by Crippen LogP contribution is 2.26. The fourth-order valence-electron chi connectivity index (χ4n) is 3.21. The largest absolute Gasteiger partial charge is 0.573 e. The number of ether oxygens (including phenoxy) is 2. The average molecular weight is 517 g/mol. The Morgan fingerprint density at radius 2 is 1.78 bits per heavy atom. The Bertz CT molecular complexity index is 1320. The number of hydrogen-bond acceptors (Lipinski definition) is 8. The number of nitrogens with zero attached hydrogens (tertiary/aromatic N) is 5. The van der Waals surface area contributed by atoms with E-state index in [-0.39, 0.29) is 23.7 Å². The number of nitrogens with one attached hydrogen (secondary N) is 1. The van der Waals surface area contributed by atoms with Gasteiger partial charge in [-0.2, -0.15) is 0 Å². The standard InChI is InChI=1S/C23H19F3N6O3S/c1-34-19-6-3-2-5-15(19)13-29-21(33)20-18(14-36-22-27-11-4-12-28-22)32(31-30-20)16-7-9-17(10-8-16)35-23(24,25)26/h2-12H,13-14H2,1H3,(H,29,33). The van der Waals surface area contributed by atoms with Gasteiger partial charge in [-0.15, -0.1) is 18.3 Å².